The summed E-state index contributed by atoms with van der Waals surface area (Å²) in [5.74, 6) is 0. The van der Waals surface area contributed by atoms with Crippen molar-refractivity contribution < 1.29 is 0 Å². The first-order valence-corrected chi connectivity index (χ1v) is 18.2. The van der Waals surface area contributed by atoms with E-state index in [9.17, 15) is 0 Å². The van der Waals surface area contributed by atoms with Crippen LogP contribution >= 0.6 is 0 Å². The summed E-state index contributed by atoms with van der Waals surface area (Å²) < 4.78 is 0. The van der Waals surface area contributed by atoms with Crippen LogP contribution in [0.15, 0.2) is 60.7 Å². The maximum absolute atomic E-state index is 2.49. The zero-order valence-electron chi connectivity index (χ0n) is 27.3. The molecule has 0 radical (unpaired) electrons. The standard InChI is InChI=1S/C42H60/c1-3-5-7-9-11-13-15-17-19-21-23-35-25-27-37-29-32-40-39(41(37)33-35)31-30-38-28-26-36(34-42(38)40)24-22-20-18-16-14-12-10-8-6-4-2/h25-34H,3-24H2,1-2H3. The number of rotatable bonds is 22. The fourth-order valence-electron chi connectivity index (χ4n) is 6.90. The minimum atomic E-state index is 1.21. The predicted octanol–water partition coefficient (Wildman–Crippen LogP) is 14.1. The van der Waals surface area contributed by atoms with E-state index in [1.807, 2.05) is 0 Å². The number of unbranched alkanes of at least 4 members (excludes halogenated alkanes) is 18. The Morgan fingerprint density at radius 3 is 0.976 bits per heavy atom. The minimum absolute atomic E-state index is 1.21. The largest absolute Gasteiger partial charge is 0.0654 e. The molecule has 0 heterocycles. The Bertz CT molecular complexity index is 1210. The van der Waals surface area contributed by atoms with E-state index in [-0.39, 0.29) is 0 Å². The molecule has 0 saturated carbocycles. The minimum Gasteiger partial charge on any atom is -0.0654 e. The smallest absolute Gasteiger partial charge is 0.00989 e. The SMILES string of the molecule is CCCCCCCCCCCCc1ccc2ccc3c4cc(CCCCCCCCCCCC)ccc4ccc3c2c1. The third kappa shape index (κ3) is 10.4. The molecule has 0 nitrogen and oxygen atoms in total. The number of aryl methyl sites for hydroxylation is 2. The molecular formula is C42H60. The normalized spacial score (nSPS) is 11.8. The van der Waals surface area contributed by atoms with Crippen molar-refractivity contribution >= 4 is 32.3 Å². The van der Waals surface area contributed by atoms with Gasteiger partial charge >= 0.3 is 0 Å². The van der Waals surface area contributed by atoms with Gasteiger partial charge in [0.25, 0.3) is 0 Å². The highest BCUT2D eigenvalue weighted by Gasteiger charge is 2.07. The van der Waals surface area contributed by atoms with Gasteiger partial charge in [0.05, 0.1) is 0 Å². The molecule has 0 saturated heterocycles. The molecule has 0 N–H and O–H groups in total. The number of benzene rings is 4. The average Bonchev–Trinajstić information content (AvgIpc) is 3.02. The summed E-state index contributed by atoms with van der Waals surface area (Å²) in [6.07, 6.45) is 30.4. The lowest BCUT2D eigenvalue weighted by Gasteiger charge is -2.11. The van der Waals surface area contributed by atoms with E-state index < -0.39 is 0 Å². The van der Waals surface area contributed by atoms with Crippen molar-refractivity contribution in [3.05, 3.63) is 71.8 Å². The van der Waals surface area contributed by atoms with Crippen molar-refractivity contribution in [3.63, 3.8) is 0 Å². The zero-order chi connectivity index (χ0) is 29.2. The average molecular weight is 565 g/mol. The van der Waals surface area contributed by atoms with Gasteiger partial charge in [0, 0.05) is 0 Å². The zero-order valence-corrected chi connectivity index (χ0v) is 27.3. The van der Waals surface area contributed by atoms with Gasteiger partial charge in [-0.3, -0.25) is 0 Å². The van der Waals surface area contributed by atoms with E-state index in [0.717, 1.165) is 0 Å². The molecule has 0 aliphatic heterocycles. The van der Waals surface area contributed by atoms with Crippen molar-refractivity contribution in [1.82, 2.24) is 0 Å². The number of hydrogen-bond acceptors (Lipinski definition) is 0. The topological polar surface area (TPSA) is 0 Å². The molecule has 0 amide bonds. The Labute approximate surface area is 258 Å². The monoisotopic (exact) mass is 564 g/mol. The van der Waals surface area contributed by atoms with Gasteiger partial charge in [0.15, 0.2) is 0 Å². The van der Waals surface area contributed by atoms with Crippen LogP contribution in [0.25, 0.3) is 32.3 Å². The molecule has 4 aromatic rings. The Hall–Kier alpha value is -2.34. The van der Waals surface area contributed by atoms with Crippen LogP contribution in [0.5, 0.6) is 0 Å². The summed E-state index contributed by atoms with van der Waals surface area (Å²) in [5.41, 5.74) is 3.01. The summed E-state index contributed by atoms with van der Waals surface area (Å²) in [6, 6.07) is 23.8. The highest BCUT2D eigenvalue weighted by Crippen LogP contribution is 2.33. The van der Waals surface area contributed by atoms with E-state index in [1.165, 1.54) is 185 Å². The quantitative estimate of drug-likeness (QED) is 0.0657. The Morgan fingerprint density at radius 2 is 0.619 bits per heavy atom. The van der Waals surface area contributed by atoms with Gasteiger partial charge in [-0.1, -0.05) is 190 Å². The van der Waals surface area contributed by atoms with E-state index in [4.69, 9.17) is 0 Å². The maximum Gasteiger partial charge on any atom is -0.00989 e. The molecule has 228 valence electrons. The van der Waals surface area contributed by atoms with Crippen molar-refractivity contribution in [2.45, 2.75) is 155 Å². The second kappa shape index (κ2) is 19.0. The van der Waals surface area contributed by atoms with Gasteiger partial charge in [-0.15, -0.1) is 0 Å². The summed E-state index contributed by atoms with van der Waals surface area (Å²) in [7, 11) is 0. The summed E-state index contributed by atoms with van der Waals surface area (Å²) in [4.78, 5) is 0. The number of fused-ring (bicyclic) bond motifs is 5. The van der Waals surface area contributed by atoms with Gasteiger partial charge in [-0.2, -0.15) is 0 Å². The van der Waals surface area contributed by atoms with Gasteiger partial charge in [-0.05, 0) is 69.1 Å². The third-order valence-electron chi connectivity index (χ3n) is 9.60. The predicted molar refractivity (Wildman–Crippen MR) is 190 cm³/mol. The third-order valence-corrected chi connectivity index (χ3v) is 9.60. The lowest BCUT2D eigenvalue weighted by molar-refractivity contribution is 0.556. The van der Waals surface area contributed by atoms with Crippen LogP contribution in [0.2, 0.25) is 0 Å². The molecule has 0 heteroatoms. The van der Waals surface area contributed by atoms with Crippen molar-refractivity contribution in [2.24, 2.45) is 0 Å². The van der Waals surface area contributed by atoms with Gasteiger partial charge < -0.3 is 0 Å². The van der Waals surface area contributed by atoms with Crippen molar-refractivity contribution in [2.75, 3.05) is 0 Å². The summed E-state index contributed by atoms with van der Waals surface area (Å²) >= 11 is 0. The molecule has 42 heavy (non-hydrogen) atoms. The van der Waals surface area contributed by atoms with Gasteiger partial charge in [0.1, 0.15) is 0 Å². The van der Waals surface area contributed by atoms with E-state index in [2.05, 4.69) is 74.5 Å². The Balaban J connectivity index is 1.29. The van der Waals surface area contributed by atoms with Crippen LogP contribution in [0.3, 0.4) is 0 Å². The van der Waals surface area contributed by atoms with Crippen LogP contribution in [-0.2, 0) is 12.8 Å². The van der Waals surface area contributed by atoms with Gasteiger partial charge in [0.2, 0.25) is 0 Å². The number of hydrogen-bond donors (Lipinski definition) is 0. The molecule has 4 aromatic carbocycles. The van der Waals surface area contributed by atoms with Crippen molar-refractivity contribution in [3.8, 4) is 0 Å². The van der Waals surface area contributed by atoms with E-state index in [1.54, 1.807) is 0 Å². The van der Waals surface area contributed by atoms with Crippen molar-refractivity contribution in [1.29, 1.82) is 0 Å². The molecular weight excluding hydrogens is 504 g/mol. The van der Waals surface area contributed by atoms with Crippen LogP contribution < -0.4 is 0 Å². The van der Waals surface area contributed by atoms with Crippen LogP contribution in [-0.4, -0.2) is 0 Å². The molecule has 0 atom stereocenters. The lowest BCUT2D eigenvalue weighted by Crippen LogP contribution is -1.89. The molecule has 0 aliphatic carbocycles. The first-order chi connectivity index (χ1) is 20.8. The van der Waals surface area contributed by atoms with E-state index in [0.29, 0.717) is 0 Å². The van der Waals surface area contributed by atoms with Crippen LogP contribution in [0, 0.1) is 0 Å². The Kier molecular flexibility index (Phi) is 14.8. The second-order valence-electron chi connectivity index (χ2n) is 13.2. The van der Waals surface area contributed by atoms with Crippen LogP contribution in [0.4, 0.5) is 0 Å². The Morgan fingerprint density at radius 1 is 0.310 bits per heavy atom. The first-order valence-electron chi connectivity index (χ1n) is 18.2. The molecule has 0 spiro atoms. The first kappa shape index (κ1) is 32.6. The summed E-state index contributed by atoms with van der Waals surface area (Å²) in [5, 5.41) is 8.44. The molecule has 0 fully saturated rings. The second-order valence-corrected chi connectivity index (χ2v) is 13.2. The molecule has 4 rings (SSSR count). The fourth-order valence-corrected chi connectivity index (χ4v) is 6.90. The molecule has 0 bridgehead atoms. The maximum atomic E-state index is 2.49. The van der Waals surface area contributed by atoms with E-state index >= 15 is 0 Å². The molecule has 0 aliphatic rings. The fraction of sp³-hybridized carbons (Fsp3) is 0.571. The molecule has 0 unspecified atom stereocenters. The van der Waals surface area contributed by atoms with Crippen LogP contribution in [0.1, 0.15) is 153 Å². The highest BCUT2D eigenvalue weighted by molar-refractivity contribution is 6.17. The molecule has 0 aromatic heterocycles. The van der Waals surface area contributed by atoms with Gasteiger partial charge in [-0.25, -0.2) is 0 Å². The lowest BCUT2D eigenvalue weighted by atomic mass is 9.93. The summed E-state index contributed by atoms with van der Waals surface area (Å²) in [6.45, 7) is 4.60. The highest BCUT2D eigenvalue weighted by atomic mass is 14.1.